The molecular formula is C14H16BrN3O2. The van der Waals surface area contributed by atoms with E-state index in [4.69, 9.17) is 15.3 Å². The fraction of sp³-hybridized carbons (Fsp3) is 0.214. The van der Waals surface area contributed by atoms with Crippen LogP contribution in [0, 0.1) is 0 Å². The number of pyridine rings is 1. The summed E-state index contributed by atoms with van der Waals surface area (Å²) in [4.78, 5) is 4.36. The van der Waals surface area contributed by atoms with Gasteiger partial charge >= 0.3 is 0 Å². The first-order chi connectivity index (χ1) is 9.71. The van der Waals surface area contributed by atoms with Gasteiger partial charge in [-0.25, -0.2) is 5.43 Å². The fourth-order valence-corrected chi connectivity index (χ4v) is 2.55. The molecule has 1 aromatic heterocycles. The Bertz CT molecular complexity index is 592. The number of methoxy groups -OCH3 is 2. The van der Waals surface area contributed by atoms with E-state index < -0.39 is 0 Å². The minimum absolute atomic E-state index is 0.270. The number of rotatable bonds is 5. The summed E-state index contributed by atoms with van der Waals surface area (Å²) in [5, 5.41) is 0. The number of hydrogen-bond donors (Lipinski definition) is 2. The zero-order chi connectivity index (χ0) is 14.5. The van der Waals surface area contributed by atoms with Crippen molar-refractivity contribution in [2.75, 3.05) is 14.2 Å². The van der Waals surface area contributed by atoms with Gasteiger partial charge in [-0.3, -0.25) is 10.8 Å². The van der Waals surface area contributed by atoms with Gasteiger partial charge in [0.05, 0.1) is 24.7 Å². The van der Waals surface area contributed by atoms with Crippen molar-refractivity contribution in [2.24, 2.45) is 5.84 Å². The molecule has 0 radical (unpaired) electrons. The molecule has 1 atom stereocenters. The maximum atomic E-state index is 5.69. The maximum absolute atomic E-state index is 5.69. The first-order valence-electron chi connectivity index (χ1n) is 5.99. The Labute approximate surface area is 126 Å². The third kappa shape index (κ3) is 2.92. The third-order valence-electron chi connectivity index (χ3n) is 2.97. The number of hydrazine groups is 1. The molecule has 0 saturated heterocycles. The van der Waals surface area contributed by atoms with Gasteiger partial charge in [-0.2, -0.15) is 0 Å². The molecule has 20 heavy (non-hydrogen) atoms. The van der Waals surface area contributed by atoms with E-state index in [0.29, 0.717) is 5.75 Å². The summed E-state index contributed by atoms with van der Waals surface area (Å²) in [6, 6.07) is 9.15. The number of ether oxygens (including phenoxy) is 2. The summed E-state index contributed by atoms with van der Waals surface area (Å²) in [5.74, 6) is 7.13. The fourth-order valence-electron chi connectivity index (χ4n) is 1.99. The van der Waals surface area contributed by atoms with Gasteiger partial charge in [0.1, 0.15) is 17.2 Å². The van der Waals surface area contributed by atoms with E-state index in [0.717, 1.165) is 21.5 Å². The Morgan fingerprint density at radius 2 is 1.95 bits per heavy atom. The number of benzene rings is 1. The first kappa shape index (κ1) is 14.8. The van der Waals surface area contributed by atoms with Crippen LogP contribution in [0.4, 0.5) is 0 Å². The Balaban J connectivity index is 2.44. The quantitative estimate of drug-likeness (QED) is 0.647. The molecule has 0 spiro atoms. The van der Waals surface area contributed by atoms with E-state index in [9.17, 15) is 0 Å². The van der Waals surface area contributed by atoms with Crippen molar-refractivity contribution in [1.29, 1.82) is 0 Å². The van der Waals surface area contributed by atoms with Gasteiger partial charge in [-0.15, -0.1) is 0 Å². The smallest absolute Gasteiger partial charge is 0.142 e. The molecule has 106 valence electrons. The monoisotopic (exact) mass is 337 g/mol. The molecule has 5 nitrogen and oxygen atoms in total. The summed E-state index contributed by atoms with van der Waals surface area (Å²) >= 11 is 3.47. The molecule has 1 unspecified atom stereocenters. The van der Waals surface area contributed by atoms with Crippen LogP contribution in [-0.2, 0) is 0 Å². The van der Waals surface area contributed by atoms with Gasteiger partial charge in [0.2, 0.25) is 0 Å². The number of nitrogens with one attached hydrogen (secondary N) is 1. The Morgan fingerprint density at radius 1 is 1.20 bits per heavy atom. The maximum Gasteiger partial charge on any atom is 0.142 e. The van der Waals surface area contributed by atoms with Gasteiger partial charge in [0.15, 0.2) is 0 Å². The summed E-state index contributed by atoms with van der Waals surface area (Å²) in [5.41, 5.74) is 4.46. The van der Waals surface area contributed by atoms with Crippen molar-refractivity contribution in [2.45, 2.75) is 6.04 Å². The van der Waals surface area contributed by atoms with Crippen molar-refractivity contribution in [3.63, 3.8) is 0 Å². The van der Waals surface area contributed by atoms with E-state index in [1.54, 1.807) is 20.4 Å². The highest BCUT2D eigenvalue weighted by atomic mass is 79.9. The molecule has 1 aromatic carbocycles. The molecule has 0 fully saturated rings. The predicted molar refractivity (Wildman–Crippen MR) is 80.6 cm³/mol. The van der Waals surface area contributed by atoms with Crippen molar-refractivity contribution in [3.05, 3.63) is 52.3 Å². The zero-order valence-corrected chi connectivity index (χ0v) is 12.8. The molecule has 2 aromatic rings. The van der Waals surface area contributed by atoms with Crippen molar-refractivity contribution >= 4 is 15.9 Å². The highest BCUT2D eigenvalue weighted by molar-refractivity contribution is 9.10. The number of hydrogen-bond acceptors (Lipinski definition) is 5. The SMILES string of the molecule is COc1ccc(C(NN)c2ncccc2OC)cc1Br. The lowest BCUT2D eigenvalue weighted by molar-refractivity contribution is 0.400. The lowest BCUT2D eigenvalue weighted by Crippen LogP contribution is -2.29. The Kier molecular flexibility index (Phi) is 4.94. The lowest BCUT2D eigenvalue weighted by atomic mass is 10.0. The average molecular weight is 338 g/mol. The van der Waals surface area contributed by atoms with Crippen LogP contribution >= 0.6 is 15.9 Å². The van der Waals surface area contributed by atoms with Gasteiger partial charge in [0.25, 0.3) is 0 Å². The van der Waals surface area contributed by atoms with Crippen LogP contribution < -0.4 is 20.7 Å². The van der Waals surface area contributed by atoms with Crippen LogP contribution in [-0.4, -0.2) is 19.2 Å². The number of nitrogens with zero attached hydrogens (tertiary/aromatic N) is 1. The van der Waals surface area contributed by atoms with E-state index in [1.165, 1.54) is 0 Å². The summed E-state index contributed by atoms with van der Waals surface area (Å²) in [7, 11) is 3.23. The molecule has 3 N–H and O–H groups in total. The van der Waals surface area contributed by atoms with Gasteiger partial charge in [0, 0.05) is 6.20 Å². The summed E-state index contributed by atoms with van der Waals surface area (Å²) < 4.78 is 11.4. The minimum atomic E-state index is -0.270. The van der Waals surface area contributed by atoms with Crippen LogP contribution in [0.5, 0.6) is 11.5 Å². The molecule has 1 heterocycles. The van der Waals surface area contributed by atoms with Crippen LogP contribution in [0.3, 0.4) is 0 Å². The minimum Gasteiger partial charge on any atom is -0.496 e. The molecular weight excluding hydrogens is 322 g/mol. The second-order valence-corrected chi connectivity index (χ2v) is 4.94. The van der Waals surface area contributed by atoms with Crippen molar-refractivity contribution < 1.29 is 9.47 Å². The molecule has 0 bridgehead atoms. The first-order valence-corrected chi connectivity index (χ1v) is 6.79. The summed E-state index contributed by atoms with van der Waals surface area (Å²) in [6.45, 7) is 0. The third-order valence-corrected chi connectivity index (χ3v) is 3.59. The standard InChI is InChI=1S/C14H16BrN3O2/c1-19-11-6-5-9(8-10(11)15)13(18-16)14-12(20-2)4-3-7-17-14/h3-8,13,18H,16H2,1-2H3. The normalized spacial score (nSPS) is 12.0. The Morgan fingerprint density at radius 3 is 2.55 bits per heavy atom. The van der Waals surface area contributed by atoms with E-state index >= 15 is 0 Å². The van der Waals surface area contributed by atoms with Crippen molar-refractivity contribution in [3.8, 4) is 11.5 Å². The molecule has 0 aliphatic heterocycles. The topological polar surface area (TPSA) is 69.4 Å². The molecule has 6 heteroatoms. The zero-order valence-electron chi connectivity index (χ0n) is 11.3. The van der Waals surface area contributed by atoms with Crippen LogP contribution in [0.15, 0.2) is 41.0 Å². The molecule has 0 saturated carbocycles. The van der Waals surface area contributed by atoms with E-state index in [2.05, 4.69) is 26.3 Å². The van der Waals surface area contributed by atoms with Crippen LogP contribution in [0.1, 0.15) is 17.3 Å². The largest absolute Gasteiger partial charge is 0.496 e. The second-order valence-electron chi connectivity index (χ2n) is 4.08. The van der Waals surface area contributed by atoms with Crippen LogP contribution in [0.2, 0.25) is 0 Å². The number of aromatic nitrogens is 1. The lowest BCUT2D eigenvalue weighted by Gasteiger charge is -2.19. The number of halogens is 1. The second kappa shape index (κ2) is 6.69. The van der Waals surface area contributed by atoms with Crippen molar-refractivity contribution in [1.82, 2.24) is 10.4 Å². The van der Waals surface area contributed by atoms with Gasteiger partial charge in [-0.05, 0) is 45.8 Å². The molecule has 0 amide bonds. The highest BCUT2D eigenvalue weighted by Gasteiger charge is 2.19. The molecule has 0 aliphatic rings. The van der Waals surface area contributed by atoms with E-state index in [1.807, 2.05) is 30.3 Å². The van der Waals surface area contributed by atoms with E-state index in [-0.39, 0.29) is 6.04 Å². The molecule has 0 aliphatic carbocycles. The van der Waals surface area contributed by atoms with Crippen LogP contribution in [0.25, 0.3) is 0 Å². The average Bonchev–Trinajstić information content (AvgIpc) is 2.49. The molecule has 2 rings (SSSR count). The summed E-state index contributed by atoms with van der Waals surface area (Å²) in [6.07, 6.45) is 1.71. The predicted octanol–water partition coefficient (Wildman–Crippen LogP) is 2.41. The van der Waals surface area contributed by atoms with Gasteiger partial charge < -0.3 is 9.47 Å². The Hall–Kier alpha value is -1.63. The van der Waals surface area contributed by atoms with Gasteiger partial charge in [-0.1, -0.05) is 6.07 Å². The highest BCUT2D eigenvalue weighted by Crippen LogP contribution is 2.32. The number of nitrogens with two attached hydrogens (primary N) is 1.